The summed E-state index contributed by atoms with van der Waals surface area (Å²) in [5, 5.41) is 0. The fraction of sp³-hybridized carbons (Fsp3) is 0.846. The van der Waals surface area contributed by atoms with Crippen molar-refractivity contribution in [3.63, 3.8) is 0 Å². The molecule has 5 nitrogen and oxygen atoms in total. The lowest BCUT2D eigenvalue weighted by Crippen LogP contribution is -2.42. The first kappa shape index (κ1) is 15.0. The van der Waals surface area contributed by atoms with E-state index in [1.54, 1.807) is 0 Å². The van der Waals surface area contributed by atoms with Crippen molar-refractivity contribution in [2.75, 3.05) is 33.3 Å². The third-order valence-electron chi connectivity index (χ3n) is 3.31. The first-order chi connectivity index (χ1) is 8.62. The minimum atomic E-state index is -0.226. The number of likely N-dealkylation sites (N-methyl/N-ethyl adjacent to an activating group) is 2. The second-order valence-corrected chi connectivity index (χ2v) is 4.61. The van der Waals surface area contributed by atoms with Crippen LogP contribution >= 0.6 is 0 Å². The summed E-state index contributed by atoms with van der Waals surface area (Å²) in [7, 11) is 1.38. The molecule has 0 radical (unpaired) electrons. The van der Waals surface area contributed by atoms with Gasteiger partial charge in [0.15, 0.2) is 0 Å². The van der Waals surface area contributed by atoms with Crippen molar-refractivity contribution in [3.8, 4) is 0 Å². The topological polar surface area (TPSA) is 49.9 Å². The zero-order chi connectivity index (χ0) is 13.5. The van der Waals surface area contributed by atoms with Gasteiger partial charge in [0.2, 0.25) is 5.91 Å². The Morgan fingerprint density at radius 2 is 1.89 bits per heavy atom. The predicted molar refractivity (Wildman–Crippen MR) is 69.2 cm³/mol. The molecule has 1 rings (SSSR count). The largest absolute Gasteiger partial charge is 0.469 e. The minimum Gasteiger partial charge on any atom is -0.469 e. The number of ether oxygens (including phenoxy) is 1. The maximum Gasteiger partial charge on any atom is 0.306 e. The van der Waals surface area contributed by atoms with E-state index in [9.17, 15) is 9.59 Å². The lowest BCUT2D eigenvalue weighted by Gasteiger charge is -2.25. The Hall–Kier alpha value is -1.10. The number of hydrogen-bond acceptors (Lipinski definition) is 4. The van der Waals surface area contributed by atoms with E-state index in [2.05, 4.69) is 4.74 Å². The minimum absolute atomic E-state index is 0.173. The molecule has 18 heavy (non-hydrogen) atoms. The molecule has 0 spiro atoms. The Kier molecular flexibility index (Phi) is 6.12. The summed E-state index contributed by atoms with van der Waals surface area (Å²) in [5.74, 6) is -0.0536. The number of nitrogens with zero attached hydrogens (tertiary/aromatic N) is 2. The van der Waals surface area contributed by atoms with E-state index in [1.807, 2.05) is 23.6 Å². The normalized spacial score (nSPS) is 14.7. The van der Waals surface area contributed by atoms with Crippen molar-refractivity contribution < 1.29 is 14.3 Å². The molecule has 1 amide bonds. The quantitative estimate of drug-likeness (QED) is 0.605. The molecule has 0 atom stereocenters. The van der Waals surface area contributed by atoms with Crippen LogP contribution in [-0.2, 0) is 14.3 Å². The fourth-order valence-corrected chi connectivity index (χ4v) is 2.01. The number of esters is 1. The second kappa shape index (κ2) is 7.36. The second-order valence-electron chi connectivity index (χ2n) is 4.61. The van der Waals surface area contributed by atoms with Gasteiger partial charge in [0.05, 0.1) is 20.1 Å². The SMILES string of the molecule is CCN(CCC(=O)OC)CC(=O)N(CC)C1CC1. The molecular weight excluding hydrogens is 232 g/mol. The smallest absolute Gasteiger partial charge is 0.306 e. The molecule has 0 unspecified atom stereocenters. The highest BCUT2D eigenvalue weighted by Crippen LogP contribution is 2.26. The van der Waals surface area contributed by atoms with Crippen LogP contribution in [0.5, 0.6) is 0 Å². The maximum atomic E-state index is 12.1. The number of amides is 1. The molecule has 1 saturated carbocycles. The summed E-state index contributed by atoms with van der Waals surface area (Å²) in [6.45, 7) is 6.54. The number of hydrogen-bond donors (Lipinski definition) is 0. The predicted octanol–water partition coefficient (Wildman–Crippen LogP) is 0.882. The molecule has 0 aliphatic heterocycles. The van der Waals surface area contributed by atoms with Crippen LogP contribution in [-0.4, -0.2) is 61.0 Å². The summed E-state index contributed by atoms with van der Waals surface area (Å²) in [4.78, 5) is 27.1. The zero-order valence-corrected chi connectivity index (χ0v) is 11.6. The summed E-state index contributed by atoms with van der Waals surface area (Å²) in [6, 6.07) is 0.460. The van der Waals surface area contributed by atoms with Crippen molar-refractivity contribution in [2.24, 2.45) is 0 Å². The van der Waals surface area contributed by atoms with E-state index in [1.165, 1.54) is 7.11 Å². The first-order valence-corrected chi connectivity index (χ1v) is 6.71. The first-order valence-electron chi connectivity index (χ1n) is 6.71. The van der Waals surface area contributed by atoms with Crippen molar-refractivity contribution in [2.45, 2.75) is 39.2 Å². The van der Waals surface area contributed by atoms with E-state index in [0.717, 1.165) is 25.9 Å². The van der Waals surface area contributed by atoms with Crippen LogP contribution in [0.1, 0.15) is 33.1 Å². The number of carbonyl (C=O) groups excluding carboxylic acids is 2. The highest BCUT2D eigenvalue weighted by atomic mass is 16.5. The molecule has 5 heteroatoms. The van der Waals surface area contributed by atoms with Gasteiger partial charge in [0, 0.05) is 19.1 Å². The zero-order valence-electron chi connectivity index (χ0n) is 11.6. The van der Waals surface area contributed by atoms with Crippen LogP contribution < -0.4 is 0 Å². The van der Waals surface area contributed by atoms with E-state index in [0.29, 0.717) is 25.6 Å². The number of carbonyl (C=O) groups is 2. The van der Waals surface area contributed by atoms with E-state index in [-0.39, 0.29) is 11.9 Å². The molecular formula is C13H24N2O3. The summed E-state index contributed by atoms with van der Waals surface area (Å²) in [6.07, 6.45) is 2.61. The fourth-order valence-electron chi connectivity index (χ4n) is 2.01. The Labute approximate surface area is 109 Å². The van der Waals surface area contributed by atoms with Gasteiger partial charge in [-0.2, -0.15) is 0 Å². The van der Waals surface area contributed by atoms with Gasteiger partial charge in [-0.25, -0.2) is 0 Å². The van der Waals surface area contributed by atoms with Crippen molar-refractivity contribution in [1.82, 2.24) is 9.80 Å². The highest BCUT2D eigenvalue weighted by Gasteiger charge is 2.31. The molecule has 104 valence electrons. The monoisotopic (exact) mass is 256 g/mol. The van der Waals surface area contributed by atoms with Gasteiger partial charge in [0.1, 0.15) is 0 Å². The van der Waals surface area contributed by atoms with Crippen LogP contribution in [0.3, 0.4) is 0 Å². The average molecular weight is 256 g/mol. The van der Waals surface area contributed by atoms with E-state index in [4.69, 9.17) is 0 Å². The molecule has 0 aromatic heterocycles. The molecule has 1 aliphatic carbocycles. The number of methoxy groups -OCH3 is 1. The van der Waals surface area contributed by atoms with Gasteiger partial charge in [0.25, 0.3) is 0 Å². The van der Waals surface area contributed by atoms with Crippen LogP contribution in [0, 0.1) is 0 Å². The Morgan fingerprint density at radius 1 is 1.22 bits per heavy atom. The lowest BCUT2D eigenvalue weighted by molar-refractivity contribution is -0.141. The molecule has 1 aliphatic rings. The molecule has 0 aromatic rings. The van der Waals surface area contributed by atoms with Gasteiger partial charge in [-0.3, -0.25) is 14.5 Å². The Morgan fingerprint density at radius 3 is 2.33 bits per heavy atom. The molecule has 0 saturated heterocycles. The molecule has 0 bridgehead atoms. The van der Waals surface area contributed by atoms with Crippen LogP contribution in [0.2, 0.25) is 0 Å². The van der Waals surface area contributed by atoms with Gasteiger partial charge in [-0.05, 0) is 26.3 Å². The highest BCUT2D eigenvalue weighted by molar-refractivity contribution is 5.79. The van der Waals surface area contributed by atoms with E-state index >= 15 is 0 Å². The summed E-state index contributed by atoms with van der Waals surface area (Å²) in [5.41, 5.74) is 0. The van der Waals surface area contributed by atoms with Crippen molar-refractivity contribution in [1.29, 1.82) is 0 Å². The molecule has 0 N–H and O–H groups in total. The van der Waals surface area contributed by atoms with Gasteiger partial charge in [-0.1, -0.05) is 6.92 Å². The Balaban J connectivity index is 2.36. The number of rotatable bonds is 8. The van der Waals surface area contributed by atoms with Crippen molar-refractivity contribution in [3.05, 3.63) is 0 Å². The summed E-state index contributed by atoms with van der Waals surface area (Å²) < 4.78 is 4.61. The maximum absolute atomic E-state index is 12.1. The molecule has 0 aromatic carbocycles. The lowest BCUT2D eigenvalue weighted by atomic mass is 10.3. The standard InChI is InChI=1S/C13H24N2O3/c1-4-14(9-8-13(17)18-3)10-12(16)15(5-2)11-6-7-11/h11H,4-10H2,1-3H3. The van der Waals surface area contributed by atoms with Crippen molar-refractivity contribution >= 4 is 11.9 Å². The summed E-state index contributed by atoms with van der Waals surface area (Å²) >= 11 is 0. The van der Waals surface area contributed by atoms with Gasteiger partial charge >= 0.3 is 5.97 Å². The van der Waals surface area contributed by atoms with Crippen LogP contribution in [0.25, 0.3) is 0 Å². The van der Waals surface area contributed by atoms with Gasteiger partial charge in [-0.15, -0.1) is 0 Å². The van der Waals surface area contributed by atoms with E-state index < -0.39 is 0 Å². The van der Waals surface area contributed by atoms with Crippen LogP contribution in [0.4, 0.5) is 0 Å². The third-order valence-corrected chi connectivity index (χ3v) is 3.31. The van der Waals surface area contributed by atoms with Crippen LogP contribution in [0.15, 0.2) is 0 Å². The van der Waals surface area contributed by atoms with Gasteiger partial charge < -0.3 is 9.64 Å². The molecule has 1 fully saturated rings. The Bertz CT molecular complexity index is 290. The third kappa shape index (κ3) is 4.64. The molecule has 0 heterocycles. The average Bonchev–Trinajstić information content (AvgIpc) is 3.19.